The summed E-state index contributed by atoms with van der Waals surface area (Å²) in [6, 6.07) is 6.07. The SMILES string of the molecule is CS(=O)(=O)Cc1ccc(C(=O)N=C(N)N)cc1. The Hall–Kier alpha value is -1.89. The molecule has 7 heteroatoms. The molecule has 1 aromatic carbocycles. The van der Waals surface area contributed by atoms with Crippen LogP contribution in [0.3, 0.4) is 0 Å². The molecular formula is C10H13N3O3S. The van der Waals surface area contributed by atoms with Crippen LogP contribution in [0.25, 0.3) is 0 Å². The molecule has 0 unspecified atom stereocenters. The van der Waals surface area contributed by atoms with Crippen molar-refractivity contribution in [2.45, 2.75) is 5.75 Å². The number of hydrogen-bond acceptors (Lipinski definition) is 3. The molecule has 0 aliphatic rings. The Balaban J connectivity index is 2.89. The summed E-state index contributed by atoms with van der Waals surface area (Å²) < 4.78 is 22.1. The van der Waals surface area contributed by atoms with Crippen molar-refractivity contribution >= 4 is 21.7 Å². The number of nitrogens with zero attached hydrogens (tertiary/aromatic N) is 1. The molecule has 0 saturated heterocycles. The van der Waals surface area contributed by atoms with E-state index in [1.54, 1.807) is 12.1 Å². The number of carbonyl (C=O) groups excluding carboxylic acids is 1. The maximum Gasteiger partial charge on any atom is 0.280 e. The van der Waals surface area contributed by atoms with E-state index in [4.69, 9.17) is 11.5 Å². The van der Waals surface area contributed by atoms with Gasteiger partial charge in [-0.2, -0.15) is 4.99 Å². The summed E-state index contributed by atoms with van der Waals surface area (Å²) in [6.07, 6.45) is 1.14. The number of benzene rings is 1. The van der Waals surface area contributed by atoms with Gasteiger partial charge in [-0.3, -0.25) is 4.79 Å². The third-order valence-corrected chi connectivity index (χ3v) is 2.72. The lowest BCUT2D eigenvalue weighted by molar-refractivity contribution is 0.100. The number of carbonyl (C=O) groups is 1. The predicted octanol–water partition coefficient (Wildman–Crippen LogP) is -0.355. The molecule has 1 amide bonds. The van der Waals surface area contributed by atoms with E-state index in [9.17, 15) is 13.2 Å². The fraction of sp³-hybridized carbons (Fsp3) is 0.200. The molecular weight excluding hydrogens is 242 g/mol. The number of hydrogen-bond donors (Lipinski definition) is 2. The second-order valence-corrected chi connectivity index (χ2v) is 5.75. The first-order valence-corrected chi connectivity index (χ1v) is 6.74. The van der Waals surface area contributed by atoms with Crippen LogP contribution in [0.2, 0.25) is 0 Å². The molecule has 1 rings (SSSR count). The van der Waals surface area contributed by atoms with Crippen LogP contribution in [0.15, 0.2) is 29.3 Å². The first-order chi connectivity index (χ1) is 7.78. The summed E-state index contributed by atoms with van der Waals surface area (Å²) in [4.78, 5) is 14.8. The highest BCUT2D eigenvalue weighted by molar-refractivity contribution is 7.89. The Kier molecular flexibility index (Phi) is 3.84. The van der Waals surface area contributed by atoms with Gasteiger partial charge in [-0.1, -0.05) is 12.1 Å². The molecule has 0 aromatic heterocycles. The zero-order valence-corrected chi connectivity index (χ0v) is 10.1. The van der Waals surface area contributed by atoms with E-state index in [2.05, 4.69) is 4.99 Å². The molecule has 0 saturated carbocycles. The lowest BCUT2D eigenvalue weighted by Crippen LogP contribution is -2.24. The minimum absolute atomic E-state index is 0.0657. The van der Waals surface area contributed by atoms with Gasteiger partial charge in [0.25, 0.3) is 5.91 Å². The zero-order chi connectivity index (χ0) is 13.1. The third kappa shape index (κ3) is 4.64. The van der Waals surface area contributed by atoms with Crippen LogP contribution in [-0.2, 0) is 15.6 Å². The minimum atomic E-state index is -3.08. The van der Waals surface area contributed by atoms with Gasteiger partial charge in [0.1, 0.15) is 0 Å². The summed E-state index contributed by atoms with van der Waals surface area (Å²) in [7, 11) is -3.08. The second kappa shape index (κ2) is 4.96. The van der Waals surface area contributed by atoms with Gasteiger partial charge < -0.3 is 11.5 Å². The molecule has 6 nitrogen and oxygen atoms in total. The molecule has 0 atom stereocenters. The Morgan fingerprint density at radius 2 is 1.76 bits per heavy atom. The van der Waals surface area contributed by atoms with Gasteiger partial charge >= 0.3 is 0 Å². The molecule has 92 valence electrons. The van der Waals surface area contributed by atoms with Crippen LogP contribution in [0, 0.1) is 0 Å². The Bertz CT molecular complexity index is 543. The zero-order valence-electron chi connectivity index (χ0n) is 9.25. The van der Waals surface area contributed by atoms with Crippen molar-refractivity contribution in [3.63, 3.8) is 0 Å². The van der Waals surface area contributed by atoms with Crippen molar-refractivity contribution in [3.8, 4) is 0 Å². The van der Waals surface area contributed by atoms with Crippen LogP contribution < -0.4 is 11.5 Å². The lowest BCUT2D eigenvalue weighted by Gasteiger charge is -2.00. The molecule has 0 aliphatic carbocycles. The summed E-state index contributed by atoms with van der Waals surface area (Å²) in [6.45, 7) is 0. The fourth-order valence-electron chi connectivity index (χ4n) is 1.23. The molecule has 0 aliphatic heterocycles. The van der Waals surface area contributed by atoms with Crippen LogP contribution in [0.4, 0.5) is 0 Å². The van der Waals surface area contributed by atoms with Gasteiger partial charge in [0, 0.05) is 11.8 Å². The van der Waals surface area contributed by atoms with Crippen LogP contribution in [-0.4, -0.2) is 26.5 Å². The van der Waals surface area contributed by atoms with E-state index in [0.717, 1.165) is 6.26 Å². The molecule has 0 heterocycles. The molecule has 17 heavy (non-hydrogen) atoms. The molecule has 0 spiro atoms. The monoisotopic (exact) mass is 255 g/mol. The highest BCUT2D eigenvalue weighted by Gasteiger charge is 2.07. The maximum atomic E-state index is 11.4. The highest BCUT2D eigenvalue weighted by Crippen LogP contribution is 2.08. The number of amides is 1. The number of rotatable bonds is 3. The average molecular weight is 255 g/mol. The van der Waals surface area contributed by atoms with Crippen molar-refractivity contribution in [2.75, 3.05) is 6.26 Å². The number of aliphatic imine (C=N–C) groups is 1. The van der Waals surface area contributed by atoms with E-state index in [1.807, 2.05) is 0 Å². The molecule has 1 aromatic rings. The van der Waals surface area contributed by atoms with Gasteiger partial charge in [0.05, 0.1) is 5.75 Å². The summed E-state index contributed by atoms with van der Waals surface area (Å²) in [5.41, 5.74) is 11.0. The smallest absolute Gasteiger partial charge is 0.280 e. The van der Waals surface area contributed by atoms with Crippen LogP contribution in [0.1, 0.15) is 15.9 Å². The topological polar surface area (TPSA) is 116 Å². The fourth-order valence-corrected chi connectivity index (χ4v) is 2.03. The van der Waals surface area contributed by atoms with E-state index in [0.29, 0.717) is 11.1 Å². The first kappa shape index (κ1) is 13.2. The van der Waals surface area contributed by atoms with E-state index >= 15 is 0 Å². The molecule has 4 N–H and O–H groups in total. The van der Waals surface area contributed by atoms with Gasteiger partial charge in [-0.15, -0.1) is 0 Å². The standard InChI is InChI=1S/C10H13N3O3S/c1-17(15,16)6-7-2-4-8(5-3-7)9(14)13-10(11)12/h2-5H,6H2,1H3,(H4,11,12,13,14). The first-order valence-electron chi connectivity index (χ1n) is 4.68. The van der Waals surface area contributed by atoms with Crippen LogP contribution >= 0.6 is 0 Å². The van der Waals surface area contributed by atoms with Crippen molar-refractivity contribution in [3.05, 3.63) is 35.4 Å². The quantitative estimate of drug-likeness (QED) is 0.565. The Labute approximate surface area is 99.3 Å². The number of sulfone groups is 1. The normalized spacial score (nSPS) is 10.9. The number of nitrogens with two attached hydrogens (primary N) is 2. The van der Waals surface area contributed by atoms with Gasteiger partial charge in [-0.05, 0) is 17.7 Å². The predicted molar refractivity (Wildman–Crippen MR) is 65.1 cm³/mol. The maximum absolute atomic E-state index is 11.4. The molecule has 0 bridgehead atoms. The number of guanidine groups is 1. The van der Waals surface area contributed by atoms with Crippen LogP contribution in [0.5, 0.6) is 0 Å². The average Bonchev–Trinajstić information content (AvgIpc) is 2.15. The van der Waals surface area contributed by atoms with E-state index < -0.39 is 15.7 Å². The third-order valence-electron chi connectivity index (χ3n) is 1.86. The Morgan fingerprint density at radius 1 is 1.24 bits per heavy atom. The Morgan fingerprint density at radius 3 is 2.18 bits per heavy atom. The summed E-state index contributed by atoms with van der Waals surface area (Å²) >= 11 is 0. The van der Waals surface area contributed by atoms with E-state index in [1.165, 1.54) is 12.1 Å². The van der Waals surface area contributed by atoms with Crippen molar-refractivity contribution in [1.29, 1.82) is 0 Å². The van der Waals surface area contributed by atoms with Gasteiger partial charge in [-0.25, -0.2) is 8.42 Å². The van der Waals surface area contributed by atoms with Crippen molar-refractivity contribution < 1.29 is 13.2 Å². The highest BCUT2D eigenvalue weighted by atomic mass is 32.2. The van der Waals surface area contributed by atoms with Crippen molar-refractivity contribution in [1.82, 2.24) is 0 Å². The molecule has 0 fully saturated rings. The summed E-state index contributed by atoms with van der Waals surface area (Å²) in [5.74, 6) is -0.935. The van der Waals surface area contributed by atoms with E-state index in [-0.39, 0.29) is 11.7 Å². The summed E-state index contributed by atoms with van der Waals surface area (Å²) in [5, 5.41) is 0. The minimum Gasteiger partial charge on any atom is -0.370 e. The molecule has 0 radical (unpaired) electrons. The lowest BCUT2D eigenvalue weighted by atomic mass is 10.1. The van der Waals surface area contributed by atoms with Gasteiger partial charge in [0.2, 0.25) is 0 Å². The second-order valence-electron chi connectivity index (χ2n) is 3.61. The van der Waals surface area contributed by atoms with Gasteiger partial charge in [0.15, 0.2) is 15.8 Å². The largest absolute Gasteiger partial charge is 0.370 e. The van der Waals surface area contributed by atoms with Crippen molar-refractivity contribution in [2.24, 2.45) is 16.5 Å².